The molecule has 0 atom stereocenters. The molecular weight excluding hydrogens is 499 g/mol. The molecule has 1 aromatic heterocycles. The van der Waals surface area contributed by atoms with Crippen molar-refractivity contribution in [2.75, 3.05) is 16.0 Å². The number of thioether (sulfide) groups is 1. The summed E-state index contributed by atoms with van der Waals surface area (Å²) in [5.74, 6) is -1.31. The summed E-state index contributed by atoms with van der Waals surface area (Å²) in [5.41, 5.74) is 0.973. The highest BCUT2D eigenvalue weighted by Gasteiger charge is 2.36. The number of fused-ring (bicyclic) bond motifs is 2. The monoisotopic (exact) mass is 513 g/mol. The van der Waals surface area contributed by atoms with Crippen molar-refractivity contribution >= 4 is 62.4 Å². The fraction of sp³-hybridized carbons (Fsp3) is 0.0833. The highest BCUT2D eigenvalue weighted by Crippen LogP contribution is 2.35. The van der Waals surface area contributed by atoms with Crippen molar-refractivity contribution in [3.63, 3.8) is 0 Å². The fourth-order valence-corrected chi connectivity index (χ4v) is 5.52. The smallest absolute Gasteiger partial charge is 0.325 e. The fourth-order valence-electron chi connectivity index (χ4n) is 3.61. The summed E-state index contributed by atoms with van der Waals surface area (Å²) in [7, 11) is 0. The number of amides is 3. The van der Waals surface area contributed by atoms with Gasteiger partial charge in [-0.15, -0.1) is 11.3 Å². The first-order valence-corrected chi connectivity index (χ1v) is 12.0. The van der Waals surface area contributed by atoms with Gasteiger partial charge in [-0.05, 0) is 48.5 Å². The van der Waals surface area contributed by atoms with E-state index in [1.54, 1.807) is 42.5 Å². The van der Waals surface area contributed by atoms with Crippen molar-refractivity contribution in [1.82, 2.24) is 4.98 Å². The summed E-state index contributed by atoms with van der Waals surface area (Å²) in [6.45, 7) is 0. The molecule has 0 spiro atoms. The average Bonchev–Trinajstić information content (AvgIpc) is 3.35. The topological polar surface area (TPSA) is 79.4 Å². The van der Waals surface area contributed by atoms with Crippen LogP contribution in [0.25, 0.3) is 10.2 Å². The summed E-state index contributed by atoms with van der Waals surface area (Å²) in [6, 6.07) is 16.1. The van der Waals surface area contributed by atoms with Gasteiger partial charge in [-0.2, -0.15) is 13.2 Å². The molecule has 0 unspecified atom stereocenters. The second-order valence-electron chi connectivity index (χ2n) is 7.54. The quantitative estimate of drug-likeness (QED) is 0.268. The Morgan fingerprint density at radius 2 is 1.69 bits per heavy atom. The number of hydrogen-bond acceptors (Lipinski definition) is 6. The van der Waals surface area contributed by atoms with Crippen LogP contribution in [-0.4, -0.2) is 28.5 Å². The molecule has 2 heterocycles. The predicted octanol–water partition coefficient (Wildman–Crippen LogP) is 5.85. The maximum Gasteiger partial charge on any atom is 0.416 e. The van der Waals surface area contributed by atoms with Crippen molar-refractivity contribution in [3.05, 3.63) is 83.4 Å². The van der Waals surface area contributed by atoms with Crippen molar-refractivity contribution in [2.24, 2.45) is 0 Å². The van der Waals surface area contributed by atoms with Gasteiger partial charge in [0.2, 0.25) is 5.91 Å². The lowest BCUT2D eigenvalue weighted by molar-refractivity contribution is -0.137. The van der Waals surface area contributed by atoms with E-state index in [1.165, 1.54) is 23.5 Å². The van der Waals surface area contributed by atoms with E-state index in [4.69, 9.17) is 0 Å². The summed E-state index contributed by atoms with van der Waals surface area (Å²) in [6.07, 6.45) is -4.50. The van der Waals surface area contributed by atoms with Crippen LogP contribution in [0.15, 0.2) is 71.1 Å². The lowest BCUT2D eigenvalue weighted by atomic mass is 10.1. The summed E-state index contributed by atoms with van der Waals surface area (Å²) in [4.78, 5) is 43.3. The Kier molecular flexibility index (Phi) is 5.81. The zero-order chi connectivity index (χ0) is 24.7. The molecule has 0 radical (unpaired) electrons. The van der Waals surface area contributed by atoms with Gasteiger partial charge in [-0.3, -0.25) is 14.4 Å². The van der Waals surface area contributed by atoms with Gasteiger partial charge in [-0.25, -0.2) is 9.88 Å². The molecule has 1 N–H and O–H groups in total. The Morgan fingerprint density at radius 1 is 0.971 bits per heavy atom. The van der Waals surface area contributed by atoms with Crippen LogP contribution in [-0.2, 0) is 11.0 Å². The van der Waals surface area contributed by atoms with Crippen molar-refractivity contribution in [3.8, 4) is 0 Å². The highest BCUT2D eigenvalue weighted by molar-refractivity contribution is 8.01. The Labute approximate surface area is 204 Å². The van der Waals surface area contributed by atoms with E-state index in [0.29, 0.717) is 26.7 Å². The molecule has 0 saturated carbocycles. The molecule has 3 amide bonds. The SMILES string of the molecule is O=C(CSc1nc2ccc(N3C(=O)c4ccccc4C3=O)cc2s1)Nc1cccc(C(F)(F)F)c1. The van der Waals surface area contributed by atoms with Gasteiger partial charge in [0, 0.05) is 5.69 Å². The van der Waals surface area contributed by atoms with Gasteiger partial charge in [0.1, 0.15) is 0 Å². The molecule has 5 rings (SSSR count). The summed E-state index contributed by atoms with van der Waals surface area (Å²) in [5, 5.41) is 2.46. The Bertz CT molecular complexity index is 1470. The van der Waals surface area contributed by atoms with Gasteiger partial charge in [0.25, 0.3) is 11.8 Å². The zero-order valence-corrected chi connectivity index (χ0v) is 19.3. The number of nitrogens with zero attached hydrogens (tertiary/aromatic N) is 2. The normalized spacial score (nSPS) is 13.4. The third-order valence-corrected chi connectivity index (χ3v) is 7.37. The highest BCUT2D eigenvalue weighted by atomic mass is 32.2. The lowest BCUT2D eigenvalue weighted by Crippen LogP contribution is -2.29. The van der Waals surface area contributed by atoms with Crippen LogP contribution in [0.2, 0.25) is 0 Å². The number of thiazole rings is 1. The maximum absolute atomic E-state index is 12.9. The molecular formula is C24H14F3N3O3S2. The van der Waals surface area contributed by atoms with E-state index in [-0.39, 0.29) is 11.4 Å². The van der Waals surface area contributed by atoms with Gasteiger partial charge >= 0.3 is 6.18 Å². The van der Waals surface area contributed by atoms with Crippen LogP contribution in [0, 0.1) is 0 Å². The number of carbonyl (C=O) groups excluding carboxylic acids is 3. The first-order valence-electron chi connectivity index (χ1n) is 10.2. The number of hydrogen-bond donors (Lipinski definition) is 1. The van der Waals surface area contributed by atoms with E-state index in [2.05, 4.69) is 10.3 Å². The number of halogens is 3. The summed E-state index contributed by atoms with van der Waals surface area (Å²) < 4.78 is 39.8. The van der Waals surface area contributed by atoms with Crippen LogP contribution < -0.4 is 10.2 Å². The minimum atomic E-state index is -4.50. The third kappa shape index (κ3) is 4.52. The number of rotatable bonds is 5. The second kappa shape index (κ2) is 8.82. The second-order valence-corrected chi connectivity index (χ2v) is 9.79. The maximum atomic E-state index is 12.9. The van der Waals surface area contributed by atoms with Crippen LogP contribution in [0.5, 0.6) is 0 Å². The first kappa shape index (κ1) is 23.1. The van der Waals surface area contributed by atoms with Gasteiger partial charge in [-0.1, -0.05) is 30.0 Å². The standard InChI is InChI=1S/C24H14F3N3O3S2/c25-24(26,27)13-4-3-5-14(10-13)28-20(31)12-34-23-29-18-9-8-15(11-19(18)35-23)30-21(32)16-6-1-2-7-17(16)22(30)33/h1-11H,12H2,(H,28,31). The molecule has 1 aliphatic heterocycles. The molecule has 4 aromatic rings. The van der Waals surface area contributed by atoms with Gasteiger partial charge in [0.15, 0.2) is 4.34 Å². The zero-order valence-electron chi connectivity index (χ0n) is 17.6. The number of aromatic nitrogens is 1. The molecule has 3 aromatic carbocycles. The average molecular weight is 514 g/mol. The molecule has 176 valence electrons. The van der Waals surface area contributed by atoms with Crippen LogP contribution >= 0.6 is 23.1 Å². The number of anilines is 2. The number of nitrogens with one attached hydrogen (secondary N) is 1. The molecule has 11 heteroatoms. The minimum Gasteiger partial charge on any atom is -0.325 e. The largest absolute Gasteiger partial charge is 0.416 e. The van der Waals surface area contributed by atoms with Crippen molar-refractivity contribution in [1.29, 1.82) is 0 Å². The van der Waals surface area contributed by atoms with Crippen LogP contribution in [0.3, 0.4) is 0 Å². The molecule has 0 saturated heterocycles. The van der Waals surface area contributed by atoms with Crippen LogP contribution in [0.4, 0.5) is 24.5 Å². The molecule has 35 heavy (non-hydrogen) atoms. The van der Waals surface area contributed by atoms with Crippen molar-refractivity contribution in [2.45, 2.75) is 10.5 Å². The van der Waals surface area contributed by atoms with Gasteiger partial charge in [0.05, 0.1) is 38.3 Å². The van der Waals surface area contributed by atoms with Crippen LogP contribution in [0.1, 0.15) is 26.3 Å². The Hall–Kier alpha value is -3.70. The number of imide groups is 1. The Morgan fingerprint density at radius 3 is 2.37 bits per heavy atom. The van der Waals surface area contributed by atoms with E-state index in [9.17, 15) is 27.6 Å². The molecule has 6 nitrogen and oxygen atoms in total. The van der Waals surface area contributed by atoms with E-state index in [0.717, 1.165) is 33.5 Å². The summed E-state index contributed by atoms with van der Waals surface area (Å²) >= 11 is 2.42. The Balaban J connectivity index is 1.28. The lowest BCUT2D eigenvalue weighted by Gasteiger charge is -2.13. The van der Waals surface area contributed by atoms with E-state index in [1.807, 2.05) is 0 Å². The first-order chi connectivity index (χ1) is 16.7. The molecule has 0 aliphatic carbocycles. The number of benzene rings is 3. The third-order valence-electron chi connectivity index (χ3n) is 5.21. The molecule has 0 fully saturated rings. The van der Waals surface area contributed by atoms with Crippen molar-refractivity contribution < 1.29 is 27.6 Å². The van der Waals surface area contributed by atoms with E-state index < -0.39 is 29.5 Å². The molecule has 0 bridgehead atoms. The number of carbonyl (C=O) groups is 3. The number of alkyl halides is 3. The van der Waals surface area contributed by atoms with E-state index >= 15 is 0 Å². The predicted molar refractivity (Wildman–Crippen MR) is 128 cm³/mol. The molecule has 1 aliphatic rings. The van der Waals surface area contributed by atoms with Gasteiger partial charge < -0.3 is 5.32 Å². The minimum absolute atomic E-state index is 0.0542.